The van der Waals surface area contributed by atoms with Crippen LogP contribution in [0.1, 0.15) is 11.1 Å². The summed E-state index contributed by atoms with van der Waals surface area (Å²) in [4.78, 5) is 4.03. The number of aromatic nitrogens is 1. The van der Waals surface area contributed by atoms with Gasteiger partial charge in [-0.1, -0.05) is 23.2 Å². The summed E-state index contributed by atoms with van der Waals surface area (Å²) in [5.74, 6) is 0. The molecule has 1 aromatic heterocycles. The Morgan fingerprint density at radius 2 is 1.80 bits per heavy atom. The Labute approximate surface area is 127 Å². The fourth-order valence-electron chi connectivity index (χ4n) is 1.75. The van der Waals surface area contributed by atoms with Crippen LogP contribution in [-0.2, 0) is 10.0 Å². The molecule has 106 valence electrons. The van der Waals surface area contributed by atoms with Gasteiger partial charge in [0.15, 0.2) is 5.15 Å². The van der Waals surface area contributed by atoms with Crippen LogP contribution in [0.5, 0.6) is 0 Å². The minimum atomic E-state index is -3.74. The third-order valence-corrected chi connectivity index (χ3v) is 4.81. The fraction of sp³-hybridized carbons (Fsp3) is 0.154. The Morgan fingerprint density at radius 1 is 1.10 bits per heavy atom. The van der Waals surface area contributed by atoms with Crippen molar-refractivity contribution >= 4 is 38.9 Å². The highest BCUT2D eigenvalue weighted by Crippen LogP contribution is 2.27. The van der Waals surface area contributed by atoms with E-state index in [1.165, 1.54) is 18.3 Å². The smallest absolute Gasteiger partial charge is 0.262 e. The van der Waals surface area contributed by atoms with Crippen molar-refractivity contribution in [3.8, 4) is 0 Å². The second-order valence-electron chi connectivity index (χ2n) is 4.31. The maximum absolute atomic E-state index is 12.4. The molecule has 0 atom stereocenters. The van der Waals surface area contributed by atoms with Crippen molar-refractivity contribution in [3.05, 3.63) is 51.8 Å². The van der Waals surface area contributed by atoms with E-state index in [2.05, 4.69) is 9.71 Å². The monoisotopic (exact) mass is 330 g/mol. The Morgan fingerprint density at radius 3 is 2.40 bits per heavy atom. The molecule has 2 rings (SSSR count). The van der Waals surface area contributed by atoms with Crippen molar-refractivity contribution in [2.45, 2.75) is 18.7 Å². The highest BCUT2D eigenvalue weighted by Gasteiger charge is 2.19. The molecule has 0 bridgehead atoms. The Balaban J connectivity index is 2.46. The van der Waals surface area contributed by atoms with Gasteiger partial charge in [-0.3, -0.25) is 4.72 Å². The van der Waals surface area contributed by atoms with Gasteiger partial charge in [0, 0.05) is 11.2 Å². The standard InChI is InChI=1S/C13H12Cl2N2O2S/c1-8-5-6-16-13(15)12(8)17-20(18,19)11-4-3-10(14)7-9(11)2/h3-7,17H,1-2H3. The summed E-state index contributed by atoms with van der Waals surface area (Å²) in [6.45, 7) is 3.43. The molecule has 0 aliphatic rings. The average molecular weight is 331 g/mol. The van der Waals surface area contributed by atoms with Crippen molar-refractivity contribution in [2.24, 2.45) is 0 Å². The van der Waals surface area contributed by atoms with E-state index in [1.807, 2.05) is 0 Å². The van der Waals surface area contributed by atoms with Gasteiger partial charge in [0.2, 0.25) is 0 Å². The lowest BCUT2D eigenvalue weighted by atomic mass is 10.2. The summed E-state index contributed by atoms with van der Waals surface area (Å²) in [5.41, 5.74) is 1.53. The number of pyridine rings is 1. The number of hydrogen-bond donors (Lipinski definition) is 1. The van der Waals surface area contributed by atoms with Crippen LogP contribution in [0.25, 0.3) is 0 Å². The number of nitrogens with zero attached hydrogens (tertiary/aromatic N) is 1. The molecule has 0 saturated heterocycles. The van der Waals surface area contributed by atoms with Gasteiger partial charge in [-0.05, 0) is 49.2 Å². The van der Waals surface area contributed by atoms with Crippen molar-refractivity contribution in [1.29, 1.82) is 0 Å². The highest BCUT2D eigenvalue weighted by atomic mass is 35.5. The molecule has 4 nitrogen and oxygen atoms in total. The first kappa shape index (κ1) is 15.1. The lowest BCUT2D eigenvalue weighted by Gasteiger charge is -2.13. The van der Waals surface area contributed by atoms with Gasteiger partial charge in [-0.2, -0.15) is 0 Å². The zero-order chi connectivity index (χ0) is 14.9. The number of hydrogen-bond acceptors (Lipinski definition) is 3. The zero-order valence-corrected chi connectivity index (χ0v) is 13.1. The van der Waals surface area contributed by atoms with E-state index < -0.39 is 10.0 Å². The van der Waals surface area contributed by atoms with Gasteiger partial charge >= 0.3 is 0 Å². The second kappa shape index (κ2) is 5.60. The third-order valence-electron chi connectivity index (χ3n) is 2.78. The maximum Gasteiger partial charge on any atom is 0.262 e. The van der Waals surface area contributed by atoms with Crippen LogP contribution >= 0.6 is 23.2 Å². The molecule has 0 unspecified atom stereocenters. The van der Waals surface area contributed by atoms with Crippen LogP contribution in [0.2, 0.25) is 10.2 Å². The molecule has 0 fully saturated rings. The third kappa shape index (κ3) is 3.06. The molecule has 0 radical (unpaired) electrons. The molecule has 0 aliphatic carbocycles. The summed E-state index contributed by atoms with van der Waals surface area (Å²) in [7, 11) is -3.74. The molecule has 20 heavy (non-hydrogen) atoms. The first-order valence-electron chi connectivity index (χ1n) is 5.71. The lowest BCUT2D eigenvalue weighted by Crippen LogP contribution is -2.15. The van der Waals surface area contributed by atoms with E-state index in [0.717, 1.165) is 0 Å². The number of halogens is 2. The van der Waals surface area contributed by atoms with Gasteiger partial charge < -0.3 is 0 Å². The fourth-order valence-corrected chi connectivity index (χ4v) is 3.65. The van der Waals surface area contributed by atoms with Crippen molar-refractivity contribution in [1.82, 2.24) is 4.98 Å². The van der Waals surface area contributed by atoms with E-state index in [1.54, 1.807) is 26.0 Å². The average Bonchev–Trinajstić information content (AvgIpc) is 2.33. The van der Waals surface area contributed by atoms with Gasteiger partial charge in [0.25, 0.3) is 10.0 Å². The maximum atomic E-state index is 12.4. The summed E-state index contributed by atoms with van der Waals surface area (Å²) in [5, 5.41) is 0.595. The van der Waals surface area contributed by atoms with Crippen LogP contribution in [0.4, 0.5) is 5.69 Å². The molecule has 0 spiro atoms. The highest BCUT2D eigenvalue weighted by molar-refractivity contribution is 7.92. The van der Waals surface area contributed by atoms with E-state index in [4.69, 9.17) is 23.2 Å². The summed E-state index contributed by atoms with van der Waals surface area (Å²) in [6.07, 6.45) is 1.52. The first-order valence-corrected chi connectivity index (χ1v) is 7.95. The predicted molar refractivity (Wildman–Crippen MR) is 81.0 cm³/mol. The van der Waals surface area contributed by atoms with Crippen LogP contribution in [0.3, 0.4) is 0 Å². The molecule has 1 heterocycles. The van der Waals surface area contributed by atoms with E-state index >= 15 is 0 Å². The number of nitrogens with one attached hydrogen (secondary N) is 1. The van der Waals surface area contributed by atoms with Crippen LogP contribution in [-0.4, -0.2) is 13.4 Å². The Hall–Kier alpha value is -1.30. The van der Waals surface area contributed by atoms with Crippen LogP contribution in [0, 0.1) is 13.8 Å². The summed E-state index contributed by atoms with van der Waals surface area (Å²) >= 11 is 11.8. The summed E-state index contributed by atoms with van der Waals surface area (Å²) in [6, 6.07) is 6.26. The van der Waals surface area contributed by atoms with Gasteiger partial charge in [0.05, 0.1) is 10.6 Å². The first-order chi connectivity index (χ1) is 9.31. The minimum Gasteiger partial charge on any atom is -0.276 e. The normalized spacial score (nSPS) is 11.4. The van der Waals surface area contributed by atoms with Crippen LogP contribution in [0.15, 0.2) is 35.4 Å². The molecule has 2 aromatic rings. The van der Waals surface area contributed by atoms with Crippen molar-refractivity contribution in [2.75, 3.05) is 4.72 Å². The molecule has 0 amide bonds. The molecule has 0 saturated carbocycles. The Bertz CT molecular complexity index is 741. The molecule has 0 aliphatic heterocycles. The molecular formula is C13H12Cl2N2O2S. The molecule has 1 N–H and O–H groups in total. The number of sulfonamides is 1. The Kier molecular flexibility index (Phi) is 4.22. The molecule has 7 heteroatoms. The quantitative estimate of drug-likeness (QED) is 0.870. The van der Waals surface area contributed by atoms with Crippen LogP contribution < -0.4 is 4.72 Å². The number of aryl methyl sites for hydroxylation is 2. The number of benzene rings is 1. The van der Waals surface area contributed by atoms with Gasteiger partial charge in [0.1, 0.15) is 0 Å². The second-order valence-corrected chi connectivity index (χ2v) is 6.75. The SMILES string of the molecule is Cc1cc(Cl)ccc1S(=O)(=O)Nc1c(C)ccnc1Cl. The number of anilines is 1. The predicted octanol–water partition coefficient (Wildman–Crippen LogP) is 3.81. The molecule has 1 aromatic carbocycles. The van der Waals surface area contributed by atoms with Gasteiger partial charge in [-0.25, -0.2) is 13.4 Å². The summed E-state index contributed by atoms with van der Waals surface area (Å²) < 4.78 is 27.3. The van der Waals surface area contributed by atoms with Crippen molar-refractivity contribution in [3.63, 3.8) is 0 Å². The van der Waals surface area contributed by atoms with E-state index in [-0.39, 0.29) is 15.7 Å². The minimum absolute atomic E-state index is 0.111. The van der Waals surface area contributed by atoms with E-state index in [9.17, 15) is 8.42 Å². The molecular weight excluding hydrogens is 319 g/mol. The topological polar surface area (TPSA) is 59.1 Å². The largest absolute Gasteiger partial charge is 0.276 e. The zero-order valence-electron chi connectivity index (χ0n) is 10.8. The van der Waals surface area contributed by atoms with Gasteiger partial charge in [-0.15, -0.1) is 0 Å². The number of rotatable bonds is 3. The van der Waals surface area contributed by atoms with E-state index in [0.29, 0.717) is 16.1 Å². The van der Waals surface area contributed by atoms with Crippen molar-refractivity contribution < 1.29 is 8.42 Å². The lowest BCUT2D eigenvalue weighted by molar-refractivity contribution is 0.600.